The molecule has 0 radical (unpaired) electrons. The number of nitrogens with zero attached hydrogens (tertiary/aromatic N) is 1. The molecule has 0 atom stereocenters. The van der Waals surface area contributed by atoms with Gasteiger partial charge in [0, 0.05) is 36.3 Å². The second-order valence-corrected chi connectivity index (χ2v) is 7.80. The first-order valence-corrected chi connectivity index (χ1v) is 9.91. The third-order valence-corrected chi connectivity index (χ3v) is 5.85. The zero-order chi connectivity index (χ0) is 19.2. The fourth-order valence-corrected chi connectivity index (χ4v) is 4.19. The van der Waals surface area contributed by atoms with Gasteiger partial charge in [-0.25, -0.2) is 4.39 Å². The number of carbonyl (C=O) groups excluding carboxylic acids is 2. The molecule has 27 heavy (non-hydrogen) atoms. The van der Waals surface area contributed by atoms with Crippen LogP contribution in [-0.2, 0) is 4.79 Å². The van der Waals surface area contributed by atoms with E-state index >= 15 is 0 Å². The smallest absolute Gasteiger partial charge is 0.255 e. The summed E-state index contributed by atoms with van der Waals surface area (Å²) in [5.74, 6) is -0.506. The molecule has 2 amide bonds. The normalized spacial score (nSPS) is 14.8. The Kier molecular flexibility index (Phi) is 6.50. The van der Waals surface area contributed by atoms with Crippen LogP contribution in [0.4, 0.5) is 4.39 Å². The molecule has 142 valence electrons. The van der Waals surface area contributed by atoms with Gasteiger partial charge in [-0.3, -0.25) is 9.59 Å². The second-order valence-electron chi connectivity index (χ2n) is 6.69. The molecular weight excluding hydrogens is 363 g/mol. The summed E-state index contributed by atoms with van der Waals surface area (Å²) in [6.45, 7) is 3.50. The van der Waals surface area contributed by atoms with Crippen LogP contribution in [0.5, 0.6) is 0 Å². The van der Waals surface area contributed by atoms with Gasteiger partial charge in [0.15, 0.2) is 0 Å². The Morgan fingerprint density at radius 2 is 1.81 bits per heavy atom. The van der Waals surface area contributed by atoms with E-state index in [1.165, 1.54) is 17.8 Å². The molecule has 0 unspecified atom stereocenters. The zero-order valence-electron chi connectivity index (χ0n) is 15.3. The lowest BCUT2D eigenvalue weighted by Gasteiger charge is -2.31. The quantitative estimate of drug-likeness (QED) is 0.846. The summed E-state index contributed by atoms with van der Waals surface area (Å²) in [5, 5.41) is 2.88. The van der Waals surface area contributed by atoms with E-state index in [4.69, 9.17) is 0 Å². The highest BCUT2D eigenvalue weighted by Gasteiger charge is 2.23. The molecule has 1 saturated heterocycles. The average molecular weight is 386 g/mol. The van der Waals surface area contributed by atoms with Gasteiger partial charge in [0.25, 0.3) is 5.91 Å². The molecular formula is C21H23FN2O2S. The van der Waals surface area contributed by atoms with Crippen LogP contribution in [0.3, 0.4) is 0 Å². The average Bonchev–Trinajstić information content (AvgIpc) is 2.67. The summed E-state index contributed by atoms with van der Waals surface area (Å²) < 4.78 is 14.4. The van der Waals surface area contributed by atoms with Crippen molar-refractivity contribution in [3.05, 3.63) is 59.9 Å². The van der Waals surface area contributed by atoms with Crippen molar-refractivity contribution in [2.24, 2.45) is 5.92 Å². The summed E-state index contributed by atoms with van der Waals surface area (Å²) in [7, 11) is 0. The number of nitrogens with one attached hydrogen (secondary N) is 1. The van der Waals surface area contributed by atoms with Crippen molar-refractivity contribution in [3.63, 3.8) is 0 Å². The topological polar surface area (TPSA) is 49.4 Å². The Labute approximate surface area is 163 Å². The SMILES string of the molecule is CC(=O)N1CCC(CNC(=O)c2c(F)cccc2Sc2ccccc2)CC1. The maximum absolute atomic E-state index is 14.4. The second kappa shape index (κ2) is 9.04. The predicted molar refractivity (Wildman–Crippen MR) is 104 cm³/mol. The number of likely N-dealkylation sites (tertiary alicyclic amines) is 1. The van der Waals surface area contributed by atoms with Crippen molar-refractivity contribution >= 4 is 23.6 Å². The van der Waals surface area contributed by atoms with Crippen LogP contribution >= 0.6 is 11.8 Å². The Balaban J connectivity index is 1.64. The zero-order valence-corrected chi connectivity index (χ0v) is 16.1. The largest absolute Gasteiger partial charge is 0.352 e. The number of hydrogen-bond donors (Lipinski definition) is 1. The summed E-state index contributed by atoms with van der Waals surface area (Å²) in [5.41, 5.74) is 0.0903. The summed E-state index contributed by atoms with van der Waals surface area (Å²) >= 11 is 1.38. The van der Waals surface area contributed by atoms with Crippen LogP contribution in [0.15, 0.2) is 58.3 Å². The third kappa shape index (κ3) is 5.10. The molecule has 1 aliphatic heterocycles. The van der Waals surface area contributed by atoms with Crippen molar-refractivity contribution in [1.29, 1.82) is 0 Å². The third-order valence-electron chi connectivity index (χ3n) is 4.78. The van der Waals surface area contributed by atoms with E-state index in [-0.39, 0.29) is 17.4 Å². The van der Waals surface area contributed by atoms with Gasteiger partial charge in [-0.15, -0.1) is 0 Å². The highest BCUT2D eigenvalue weighted by molar-refractivity contribution is 7.99. The molecule has 0 bridgehead atoms. The standard InChI is InChI=1S/C21H23FN2O2S/c1-15(25)24-12-10-16(11-13-24)14-23-21(26)20-18(22)8-5-9-19(20)27-17-6-3-2-4-7-17/h2-9,16H,10-14H2,1H3,(H,23,26). The van der Waals surface area contributed by atoms with E-state index in [9.17, 15) is 14.0 Å². The van der Waals surface area contributed by atoms with Gasteiger partial charge in [0.2, 0.25) is 5.91 Å². The molecule has 6 heteroatoms. The lowest BCUT2D eigenvalue weighted by atomic mass is 9.96. The maximum atomic E-state index is 14.4. The Bertz CT molecular complexity index is 805. The van der Waals surface area contributed by atoms with E-state index in [0.29, 0.717) is 30.4 Å². The molecule has 3 rings (SSSR count). The molecule has 1 fully saturated rings. The lowest BCUT2D eigenvalue weighted by molar-refractivity contribution is -0.130. The number of halogens is 1. The molecule has 0 saturated carbocycles. The van der Waals surface area contributed by atoms with E-state index in [1.54, 1.807) is 19.1 Å². The number of benzene rings is 2. The molecule has 1 aliphatic rings. The fraction of sp³-hybridized carbons (Fsp3) is 0.333. The van der Waals surface area contributed by atoms with Gasteiger partial charge in [-0.05, 0) is 43.0 Å². The monoisotopic (exact) mass is 386 g/mol. The van der Waals surface area contributed by atoms with Crippen LogP contribution < -0.4 is 5.32 Å². The summed E-state index contributed by atoms with van der Waals surface area (Å²) in [6.07, 6.45) is 1.70. The Morgan fingerprint density at radius 1 is 1.11 bits per heavy atom. The van der Waals surface area contributed by atoms with Crippen LogP contribution in [0.1, 0.15) is 30.1 Å². The van der Waals surface area contributed by atoms with Crippen LogP contribution in [0.2, 0.25) is 0 Å². The summed E-state index contributed by atoms with van der Waals surface area (Å²) in [6, 6.07) is 14.3. The van der Waals surface area contributed by atoms with E-state index in [2.05, 4.69) is 5.32 Å². The van der Waals surface area contributed by atoms with E-state index in [1.807, 2.05) is 35.2 Å². The first-order valence-electron chi connectivity index (χ1n) is 9.09. The van der Waals surface area contributed by atoms with Gasteiger partial charge in [0.1, 0.15) is 5.82 Å². The minimum absolute atomic E-state index is 0.0893. The van der Waals surface area contributed by atoms with Crippen molar-refractivity contribution in [2.45, 2.75) is 29.6 Å². The van der Waals surface area contributed by atoms with Crippen molar-refractivity contribution in [2.75, 3.05) is 19.6 Å². The van der Waals surface area contributed by atoms with Crippen LogP contribution in [-0.4, -0.2) is 36.3 Å². The number of hydrogen-bond acceptors (Lipinski definition) is 3. The van der Waals surface area contributed by atoms with Gasteiger partial charge in [-0.2, -0.15) is 0 Å². The first-order chi connectivity index (χ1) is 13.0. The minimum atomic E-state index is -0.514. The van der Waals surface area contributed by atoms with Gasteiger partial charge < -0.3 is 10.2 Å². The van der Waals surface area contributed by atoms with Gasteiger partial charge in [0.05, 0.1) is 5.56 Å². The molecule has 0 spiro atoms. The van der Waals surface area contributed by atoms with Crippen LogP contribution in [0.25, 0.3) is 0 Å². The number of carbonyl (C=O) groups is 2. The van der Waals surface area contributed by atoms with Crippen molar-refractivity contribution < 1.29 is 14.0 Å². The molecule has 0 aliphatic carbocycles. The number of rotatable bonds is 5. The Morgan fingerprint density at radius 3 is 2.48 bits per heavy atom. The van der Waals surface area contributed by atoms with Gasteiger partial charge in [-0.1, -0.05) is 36.0 Å². The highest BCUT2D eigenvalue weighted by atomic mass is 32.2. The molecule has 4 nitrogen and oxygen atoms in total. The van der Waals surface area contributed by atoms with Crippen molar-refractivity contribution in [3.8, 4) is 0 Å². The molecule has 1 heterocycles. The molecule has 2 aromatic rings. The van der Waals surface area contributed by atoms with E-state index in [0.717, 1.165) is 17.7 Å². The lowest BCUT2D eigenvalue weighted by Crippen LogP contribution is -2.40. The maximum Gasteiger partial charge on any atom is 0.255 e. The molecule has 0 aromatic heterocycles. The predicted octanol–water partition coefficient (Wildman–Crippen LogP) is 3.97. The van der Waals surface area contributed by atoms with E-state index < -0.39 is 5.82 Å². The Hall–Kier alpha value is -2.34. The highest BCUT2D eigenvalue weighted by Crippen LogP contribution is 2.31. The molecule has 2 aromatic carbocycles. The number of amides is 2. The summed E-state index contributed by atoms with van der Waals surface area (Å²) in [4.78, 5) is 27.4. The van der Waals surface area contributed by atoms with Crippen LogP contribution in [0, 0.1) is 11.7 Å². The molecule has 1 N–H and O–H groups in total. The minimum Gasteiger partial charge on any atom is -0.352 e. The van der Waals surface area contributed by atoms with Gasteiger partial charge >= 0.3 is 0 Å². The first kappa shape index (κ1) is 19.4. The number of piperidine rings is 1. The fourth-order valence-electron chi connectivity index (χ4n) is 3.20. The van der Waals surface area contributed by atoms with Crippen molar-refractivity contribution in [1.82, 2.24) is 10.2 Å².